The zero-order valence-corrected chi connectivity index (χ0v) is 12.7. The Hall–Kier alpha value is -1.62. The average Bonchev–Trinajstić information content (AvgIpc) is 2.54. The van der Waals surface area contributed by atoms with Gasteiger partial charge in [0.1, 0.15) is 5.82 Å². The second-order valence-corrected chi connectivity index (χ2v) is 5.53. The highest BCUT2D eigenvalue weighted by atomic mass is 16.5. The first-order valence-electron chi connectivity index (χ1n) is 7.79. The molecule has 1 aromatic rings. The normalized spacial score (nSPS) is 15.7. The lowest BCUT2D eigenvalue weighted by Crippen LogP contribution is -2.24. The molecular formula is C16H25N3O2. The molecule has 2 rings (SSSR count). The second kappa shape index (κ2) is 8.62. The van der Waals surface area contributed by atoms with Gasteiger partial charge in [-0.3, -0.25) is 4.79 Å². The van der Waals surface area contributed by atoms with E-state index < -0.39 is 0 Å². The molecule has 1 aromatic heterocycles. The van der Waals surface area contributed by atoms with E-state index in [1.165, 1.54) is 19.3 Å². The Kier molecular flexibility index (Phi) is 6.47. The quantitative estimate of drug-likeness (QED) is 0.758. The number of amides is 1. The first-order chi connectivity index (χ1) is 10.3. The fourth-order valence-corrected chi connectivity index (χ4v) is 2.61. The standard InChI is InChI=1S/C16H25N3O2/c1-21-11-5-10-17-15-9-8-14(12-18-15)19-16(20)13-6-3-2-4-7-13/h8-9,12-13H,2-7,10-11H2,1H3,(H,17,18)(H,19,20). The molecule has 1 saturated carbocycles. The minimum atomic E-state index is 0.136. The van der Waals surface area contributed by atoms with Crippen LogP contribution in [0.2, 0.25) is 0 Å². The molecule has 0 atom stereocenters. The van der Waals surface area contributed by atoms with E-state index in [9.17, 15) is 4.79 Å². The molecule has 1 amide bonds. The molecule has 116 valence electrons. The van der Waals surface area contributed by atoms with Gasteiger partial charge in [-0.1, -0.05) is 19.3 Å². The molecule has 0 radical (unpaired) electrons. The number of ether oxygens (including phenoxy) is 1. The molecule has 1 aliphatic rings. The van der Waals surface area contributed by atoms with Crippen molar-refractivity contribution in [3.05, 3.63) is 18.3 Å². The summed E-state index contributed by atoms with van der Waals surface area (Å²) in [5.74, 6) is 1.13. The number of pyridine rings is 1. The first-order valence-corrected chi connectivity index (χ1v) is 7.79. The summed E-state index contributed by atoms with van der Waals surface area (Å²) < 4.78 is 4.99. The molecule has 0 aliphatic heterocycles. The highest BCUT2D eigenvalue weighted by Crippen LogP contribution is 2.24. The molecule has 0 saturated heterocycles. The number of methoxy groups -OCH3 is 1. The summed E-state index contributed by atoms with van der Waals surface area (Å²) in [4.78, 5) is 16.4. The van der Waals surface area contributed by atoms with E-state index in [2.05, 4.69) is 15.6 Å². The van der Waals surface area contributed by atoms with E-state index in [0.29, 0.717) is 0 Å². The van der Waals surface area contributed by atoms with Crippen LogP contribution < -0.4 is 10.6 Å². The summed E-state index contributed by atoms with van der Waals surface area (Å²) in [5.41, 5.74) is 0.771. The largest absolute Gasteiger partial charge is 0.385 e. The SMILES string of the molecule is COCCCNc1ccc(NC(=O)C2CCCCC2)cn1. The number of nitrogens with zero attached hydrogens (tertiary/aromatic N) is 1. The number of carbonyl (C=O) groups excluding carboxylic acids is 1. The van der Waals surface area contributed by atoms with Crippen LogP contribution in [0.1, 0.15) is 38.5 Å². The third kappa shape index (κ3) is 5.34. The summed E-state index contributed by atoms with van der Waals surface area (Å²) >= 11 is 0. The zero-order chi connectivity index (χ0) is 14.9. The highest BCUT2D eigenvalue weighted by molar-refractivity contribution is 5.92. The summed E-state index contributed by atoms with van der Waals surface area (Å²) in [6.07, 6.45) is 8.27. The topological polar surface area (TPSA) is 63.2 Å². The third-order valence-corrected chi connectivity index (χ3v) is 3.84. The van der Waals surface area contributed by atoms with Crippen molar-refractivity contribution < 1.29 is 9.53 Å². The van der Waals surface area contributed by atoms with Crippen LogP contribution in [0.25, 0.3) is 0 Å². The van der Waals surface area contributed by atoms with Crippen LogP contribution in [0.3, 0.4) is 0 Å². The molecule has 21 heavy (non-hydrogen) atoms. The highest BCUT2D eigenvalue weighted by Gasteiger charge is 2.20. The molecule has 0 spiro atoms. The minimum absolute atomic E-state index is 0.136. The molecular weight excluding hydrogens is 266 g/mol. The lowest BCUT2D eigenvalue weighted by Gasteiger charge is -2.20. The smallest absolute Gasteiger partial charge is 0.227 e. The van der Waals surface area contributed by atoms with Crippen molar-refractivity contribution in [1.29, 1.82) is 0 Å². The van der Waals surface area contributed by atoms with E-state index in [4.69, 9.17) is 4.74 Å². The maximum Gasteiger partial charge on any atom is 0.227 e. The van der Waals surface area contributed by atoms with Gasteiger partial charge in [0, 0.05) is 26.2 Å². The van der Waals surface area contributed by atoms with Gasteiger partial charge < -0.3 is 15.4 Å². The Labute approximate surface area is 126 Å². The van der Waals surface area contributed by atoms with Crippen LogP contribution in [0, 0.1) is 5.92 Å². The van der Waals surface area contributed by atoms with Gasteiger partial charge in [-0.25, -0.2) is 4.98 Å². The van der Waals surface area contributed by atoms with Crippen LogP contribution in [-0.4, -0.2) is 31.2 Å². The van der Waals surface area contributed by atoms with Gasteiger partial charge >= 0.3 is 0 Å². The van der Waals surface area contributed by atoms with E-state index in [1.807, 2.05) is 12.1 Å². The van der Waals surface area contributed by atoms with Crippen LogP contribution >= 0.6 is 0 Å². The van der Waals surface area contributed by atoms with E-state index in [0.717, 1.165) is 43.9 Å². The first kappa shape index (κ1) is 15.8. The number of carbonyl (C=O) groups is 1. The Morgan fingerprint density at radius 3 is 2.81 bits per heavy atom. The van der Waals surface area contributed by atoms with Gasteiger partial charge in [0.05, 0.1) is 11.9 Å². The molecule has 1 aliphatic carbocycles. The van der Waals surface area contributed by atoms with E-state index >= 15 is 0 Å². The Morgan fingerprint density at radius 2 is 2.14 bits per heavy atom. The molecule has 2 N–H and O–H groups in total. The Bertz CT molecular complexity index is 428. The van der Waals surface area contributed by atoms with Gasteiger partial charge in [-0.05, 0) is 31.4 Å². The monoisotopic (exact) mass is 291 g/mol. The predicted molar refractivity (Wildman–Crippen MR) is 84.4 cm³/mol. The van der Waals surface area contributed by atoms with Crippen LogP contribution in [0.4, 0.5) is 11.5 Å². The number of hydrogen-bond donors (Lipinski definition) is 2. The van der Waals surface area contributed by atoms with Gasteiger partial charge in [0.15, 0.2) is 0 Å². The van der Waals surface area contributed by atoms with Crippen molar-refractivity contribution in [2.45, 2.75) is 38.5 Å². The molecule has 0 unspecified atom stereocenters. The number of anilines is 2. The molecule has 0 bridgehead atoms. The second-order valence-electron chi connectivity index (χ2n) is 5.53. The van der Waals surface area contributed by atoms with Gasteiger partial charge in [0.2, 0.25) is 5.91 Å². The van der Waals surface area contributed by atoms with Crippen molar-refractivity contribution in [1.82, 2.24) is 4.98 Å². The molecule has 0 aromatic carbocycles. The fraction of sp³-hybridized carbons (Fsp3) is 0.625. The Morgan fingerprint density at radius 1 is 1.33 bits per heavy atom. The maximum atomic E-state index is 12.1. The van der Waals surface area contributed by atoms with Gasteiger partial charge in [0.25, 0.3) is 0 Å². The molecule has 1 fully saturated rings. The third-order valence-electron chi connectivity index (χ3n) is 3.84. The summed E-state index contributed by atoms with van der Waals surface area (Å²) in [5, 5.41) is 6.19. The lowest BCUT2D eigenvalue weighted by atomic mass is 9.88. The zero-order valence-electron chi connectivity index (χ0n) is 12.7. The van der Waals surface area contributed by atoms with Crippen molar-refractivity contribution in [3.8, 4) is 0 Å². The molecule has 1 heterocycles. The summed E-state index contributed by atoms with van der Waals surface area (Å²) in [6.45, 7) is 1.57. The van der Waals surface area contributed by atoms with Crippen molar-refractivity contribution in [3.63, 3.8) is 0 Å². The average molecular weight is 291 g/mol. The van der Waals surface area contributed by atoms with E-state index in [-0.39, 0.29) is 11.8 Å². The van der Waals surface area contributed by atoms with Crippen LogP contribution in [0.15, 0.2) is 18.3 Å². The number of nitrogens with one attached hydrogen (secondary N) is 2. The molecule has 5 nitrogen and oxygen atoms in total. The van der Waals surface area contributed by atoms with Crippen LogP contribution in [0.5, 0.6) is 0 Å². The lowest BCUT2D eigenvalue weighted by molar-refractivity contribution is -0.120. The molecule has 5 heteroatoms. The maximum absolute atomic E-state index is 12.1. The predicted octanol–water partition coefficient (Wildman–Crippen LogP) is 3.05. The van der Waals surface area contributed by atoms with Crippen molar-refractivity contribution in [2.75, 3.05) is 30.9 Å². The number of hydrogen-bond acceptors (Lipinski definition) is 4. The van der Waals surface area contributed by atoms with Crippen molar-refractivity contribution in [2.24, 2.45) is 5.92 Å². The summed E-state index contributed by atoms with van der Waals surface area (Å²) in [6, 6.07) is 3.79. The number of rotatable bonds is 7. The van der Waals surface area contributed by atoms with Crippen LogP contribution in [-0.2, 0) is 9.53 Å². The number of aromatic nitrogens is 1. The summed E-state index contributed by atoms with van der Waals surface area (Å²) in [7, 11) is 1.70. The van der Waals surface area contributed by atoms with E-state index in [1.54, 1.807) is 13.3 Å². The van der Waals surface area contributed by atoms with Gasteiger partial charge in [-0.15, -0.1) is 0 Å². The Balaban J connectivity index is 1.77. The van der Waals surface area contributed by atoms with Crippen molar-refractivity contribution >= 4 is 17.4 Å². The van der Waals surface area contributed by atoms with Gasteiger partial charge in [-0.2, -0.15) is 0 Å². The minimum Gasteiger partial charge on any atom is -0.385 e. The fourth-order valence-electron chi connectivity index (χ4n) is 2.61.